The summed E-state index contributed by atoms with van der Waals surface area (Å²) in [6.07, 6.45) is 0. The van der Waals surface area contributed by atoms with Crippen LogP contribution in [0.3, 0.4) is 0 Å². The standard InChI is InChI=1S/C10H9BrN2S2/c1-7-5-14-10(12-7)15-6-8-3-2-4-9(11)13-8/h2-5H,6H2,1H3. The maximum atomic E-state index is 4.39. The van der Waals surface area contributed by atoms with Crippen molar-refractivity contribution < 1.29 is 0 Å². The van der Waals surface area contributed by atoms with Crippen molar-refractivity contribution in [3.05, 3.63) is 39.6 Å². The van der Waals surface area contributed by atoms with Crippen LogP contribution in [0.5, 0.6) is 0 Å². The van der Waals surface area contributed by atoms with Gasteiger partial charge in [-0.2, -0.15) is 0 Å². The van der Waals surface area contributed by atoms with Crippen molar-refractivity contribution in [2.45, 2.75) is 17.0 Å². The Morgan fingerprint density at radius 3 is 2.93 bits per heavy atom. The highest BCUT2D eigenvalue weighted by Gasteiger charge is 2.01. The van der Waals surface area contributed by atoms with E-state index < -0.39 is 0 Å². The van der Waals surface area contributed by atoms with Crippen LogP contribution in [0, 0.1) is 6.92 Å². The SMILES string of the molecule is Cc1csc(SCc2cccc(Br)n2)n1. The van der Waals surface area contributed by atoms with Crippen LogP contribution in [0.15, 0.2) is 32.5 Å². The zero-order valence-electron chi connectivity index (χ0n) is 8.11. The minimum atomic E-state index is 0.867. The zero-order chi connectivity index (χ0) is 10.7. The molecule has 0 saturated heterocycles. The van der Waals surface area contributed by atoms with Crippen molar-refractivity contribution in [3.8, 4) is 0 Å². The molecule has 0 fully saturated rings. The van der Waals surface area contributed by atoms with Gasteiger partial charge in [-0.15, -0.1) is 11.3 Å². The van der Waals surface area contributed by atoms with Crippen LogP contribution in [0.2, 0.25) is 0 Å². The summed E-state index contributed by atoms with van der Waals surface area (Å²) in [6, 6.07) is 5.96. The molecule has 0 aromatic carbocycles. The van der Waals surface area contributed by atoms with Crippen LogP contribution in [-0.4, -0.2) is 9.97 Å². The second-order valence-electron chi connectivity index (χ2n) is 3.00. The van der Waals surface area contributed by atoms with Crippen LogP contribution in [-0.2, 0) is 5.75 Å². The average Bonchev–Trinajstić information content (AvgIpc) is 2.62. The molecule has 0 aliphatic rings. The second-order valence-corrected chi connectivity index (χ2v) is 5.89. The number of halogens is 1. The Kier molecular flexibility index (Phi) is 3.77. The van der Waals surface area contributed by atoms with Crippen LogP contribution in [0.25, 0.3) is 0 Å². The fourth-order valence-corrected chi connectivity index (χ4v) is 3.20. The van der Waals surface area contributed by atoms with Crippen molar-refractivity contribution in [2.75, 3.05) is 0 Å². The van der Waals surface area contributed by atoms with E-state index in [1.54, 1.807) is 23.1 Å². The maximum absolute atomic E-state index is 4.39. The molecule has 0 unspecified atom stereocenters. The van der Waals surface area contributed by atoms with E-state index in [9.17, 15) is 0 Å². The maximum Gasteiger partial charge on any atom is 0.150 e. The van der Waals surface area contributed by atoms with E-state index in [0.29, 0.717) is 0 Å². The van der Waals surface area contributed by atoms with Gasteiger partial charge in [-0.25, -0.2) is 9.97 Å². The first-order valence-electron chi connectivity index (χ1n) is 4.40. The van der Waals surface area contributed by atoms with E-state index in [-0.39, 0.29) is 0 Å². The van der Waals surface area contributed by atoms with E-state index >= 15 is 0 Å². The molecule has 2 aromatic heterocycles. The van der Waals surface area contributed by atoms with Gasteiger partial charge in [0.25, 0.3) is 0 Å². The van der Waals surface area contributed by atoms with Gasteiger partial charge in [-0.3, -0.25) is 0 Å². The number of thiazole rings is 1. The van der Waals surface area contributed by atoms with Gasteiger partial charge in [0.15, 0.2) is 0 Å². The Hall–Kier alpha value is -0.390. The van der Waals surface area contributed by atoms with Crippen LogP contribution >= 0.6 is 39.0 Å². The number of aryl methyl sites for hydroxylation is 1. The average molecular weight is 301 g/mol. The molecule has 0 atom stereocenters. The van der Waals surface area contributed by atoms with Crippen LogP contribution in [0.1, 0.15) is 11.4 Å². The second kappa shape index (κ2) is 5.09. The Bertz CT molecular complexity index is 456. The summed E-state index contributed by atoms with van der Waals surface area (Å²) in [5.74, 6) is 0.867. The molecule has 0 aliphatic carbocycles. The summed E-state index contributed by atoms with van der Waals surface area (Å²) in [5, 5.41) is 2.07. The number of hydrogen-bond donors (Lipinski definition) is 0. The number of pyridine rings is 1. The lowest BCUT2D eigenvalue weighted by Crippen LogP contribution is -1.86. The summed E-state index contributed by atoms with van der Waals surface area (Å²) in [7, 11) is 0. The van der Waals surface area contributed by atoms with E-state index in [1.807, 2.05) is 25.1 Å². The largest absolute Gasteiger partial charge is 0.245 e. The van der Waals surface area contributed by atoms with E-state index in [2.05, 4.69) is 31.3 Å². The fraction of sp³-hybridized carbons (Fsp3) is 0.200. The summed E-state index contributed by atoms with van der Waals surface area (Å²) in [4.78, 5) is 8.76. The Morgan fingerprint density at radius 1 is 1.40 bits per heavy atom. The van der Waals surface area contributed by atoms with Gasteiger partial charge in [0.05, 0.1) is 5.69 Å². The molecular formula is C10H9BrN2S2. The van der Waals surface area contributed by atoms with Gasteiger partial charge in [0.1, 0.15) is 8.94 Å². The third-order valence-corrected chi connectivity index (χ3v) is 4.33. The van der Waals surface area contributed by atoms with Crippen molar-refractivity contribution >= 4 is 39.0 Å². The predicted molar refractivity (Wildman–Crippen MR) is 68.3 cm³/mol. The third-order valence-electron chi connectivity index (χ3n) is 1.71. The Morgan fingerprint density at radius 2 is 2.27 bits per heavy atom. The molecular weight excluding hydrogens is 292 g/mol. The topological polar surface area (TPSA) is 25.8 Å². The van der Waals surface area contributed by atoms with Gasteiger partial charge in [0.2, 0.25) is 0 Å². The lowest BCUT2D eigenvalue weighted by molar-refractivity contribution is 1.13. The van der Waals surface area contributed by atoms with Gasteiger partial charge in [-0.1, -0.05) is 17.8 Å². The molecule has 0 N–H and O–H groups in total. The monoisotopic (exact) mass is 300 g/mol. The molecule has 0 aliphatic heterocycles. The van der Waals surface area contributed by atoms with Crippen molar-refractivity contribution in [3.63, 3.8) is 0 Å². The Balaban J connectivity index is 1.99. The van der Waals surface area contributed by atoms with Gasteiger partial charge >= 0.3 is 0 Å². The molecule has 2 heterocycles. The molecule has 0 saturated carbocycles. The first kappa shape index (κ1) is 11.1. The van der Waals surface area contributed by atoms with Crippen LogP contribution < -0.4 is 0 Å². The molecule has 2 aromatic rings. The van der Waals surface area contributed by atoms with Crippen molar-refractivity contribution in [1.29, 1.82) is 0 Å². The Labute approximate surface area is 105 Å². The molecule has 0 bridgehead atoms. The molecule has 15 heavy (non-hydrogen) atoms. The summed E-state index contributed by atoms with van der Waals surface area (Å²) in [5.41, 5.74) is 2.16. The summed E-state index contributed by atoms with van der Waals surface area (Å²) in [6.45, 7) is 2.01. The van der Waals surface area contributed by atoms with E-state index in [1.165, 1.54) is 0 Å². The highest BCUT2D eigenvalue weighted by molar-refractivity contribution is 9.10. The number of nitrogens with zero attached hydrogens (tertiary/aromatic N) is 2. The summed E-state index contributed by atoms with van der Waals surface area (Å²) < 4.78 is 1.99. The quantitative estimate of drug-likeness (QED) is 0.635. The molecule has 2 nitrogen and oxygen atoms in total. The van der Waals surface area contributed by atoms with Crippen LogP contribution in [0.4, 0.5) is 0 Å². The smallest absolute Gasteiger partial charge is 0.150 e. The summed E-state index contributed by atoms with van der Waals surface area (Å²) >= 11 is 6.77. The lowest BCUT2D eigenvalue weighted by atomic mass is 10.4. The molecule has 2 rings (SSSR count). The lowest BCUT2D eigenvalue weighted by Gasteiger charge is -1.98. The molecule has 5 heteroatoms. The minimum absolute atomic E-state index is 0.867. The van der Waals surface area contributed by atoms with Gasteiger partial charge < -0.3 is 0 Å². The van der Waals surface area contributed by atoms with E-state index in [4.69, 9.17) is 0 Å². The first-order valence-corrected chi connectivity index (χ1v) is 7.06. The van der Waals surface area contributed by atoms with Gasteiger partial charge in [-0.05, 0) is 35.0 Å². The normalized spacial score (nSPS) is 10.5. The highest BCUT2D eigenvalue weighted by Crippen LogP contribution is 2.25. The van der Waals surface area contributed by atoms with E-state index in [0.717, 1.165) is 26.1 Å². The molecule has 0 spiro atoms. The predicted octanol–water partition coefficient (Wildman–Crippen LogP) is 3.90. The highest BCUT2D eigenvalue weighted by atomic mass is 79.9. The number of thioether (sulfide) groups is 1. The minimum Gasteiger partial charge on any atom is -0.245 e. The molecule has 0 amide bonds. The molecule has 0 radical (unpaired) electrons. The van der Waals surface area contributed by atoms with Crippen molar-refractivity contribution in [1.82, 2.24) is 9.97 Å². The number of rotatable bonds is 3. The number of aromatic nitrogens is 2. The first-order chi connectivity index (χ1) is 7.24. The zero-order valence-corrected chi connectivity index (χ0v) is 11.3. The number of hydrogen-bond acceptors (Lipinski definition) is 4. The fourth-order valence-electron chi connectivity index (χ4n) is 1.07. The van der Waals surface area contributed by atoms with Gasteiger partial charge in [0, 0.05) is 16.8 Å². The molecule has 78 valence electrons. The third kappa shape index (κ3) is 3.29. The van der Waals surface area contributed by atoms with Crippen molar-refractivity contribution in [2.24, 2.45) is 0 Å².